The zero-order valence-electron chi connectivity index (χ0n) is 12.1. The summed E-state index contributed by atoms with van der Waals surface area (Å²) in [6.45, 7) is 4.65. The minimum Gasteiger partial charge on any atom is -0.361 e. The van der Waals surface area contributed by atoms with Gasteiger partial charge in [-0.1, -0.05) is 0 Å². The summed E-state index contributed by atoms with van der Waals surface area (Å²) in [5.74, 6) is -0.0223. The molecule has 1 atom stereocenters. The number of nitrogens with zero attached hydrogens (tertiary/aromatic N) is 2. The molecule has 0 bridgehead atoms. The third-order valence-electron chi connectivity index (χ3n) is 4.01. The summed E-state index contributed by atoms with van der Waals surface area (Å²) in [4.78, 5) is 13.5. The zero-order chi connectivity index (χ0) is 15.2. The van der Waals surface area contributed by atoms with Crippen molar-refractivity contribution in [2.75, 3.05) is 24.6 Å². The molecule has 0 radical (unpaired) electrons. The highest BCUT2D eigenvalue weighted by Gasteiger charge is 2.34. The van der Waals surface area contributed by atoms with Crippen molar-refractivity contribution >= 4 is 21.6 Å². The summed E-state index contributed by atoms with van der Waals surface area (Å²) in [6.07, 6.45) is 0.251. The second kappa shape index (κ2) is 5.08. The average molecular weight is 310 g/mol. The first kappa shape index (κ1) is 14.5. The van der Waals surface area contributed by atoms with Crippen LogP contribution in [0.4, 0.5) is 5.69 Å². The van der Waals surface area contributed by atoms with E-state index < -0.39 is 16.3 Å². The number of hydrogen-bond acceptors (Lipinski definition) is 4. The van der Waals surface area contributed by atoms with Gasteiger partial charge in [0.15, 0.2) is 0 Å². The predicted molar refractivity (Wildman–Crippen MR) is 77.5 cm³/mol. The van der Waals surface area contributed by atoms with Crippen molar-refractivity contribution in [1.29, 1.82) is 0 Å². The number of amides is 1. The number of carbonyl (C=O) groups excluding carboxylic acids is 1. The number of benzene rings is 1. The molecule has 1 aromatic carbocycles. The van der Waals surface area contributed by atoms with Gasteiger partial charge in [0.2, 0.25) is 15.9 Å². The van der Waals surface area contributed by atoms with E-state index in [1.165, 1.54) is 11.2 Å². The highest BCUT2D eigenvalue weighted by molar-refractivity contribution is 7.89. The maximum Gasteiger partial charge on any atom is 0.245 e. The Morgan fingerprint density at radius 1 is 1.33 bits per heavy atom. The largest absolute Gasteiger partial charge is 0.361 e. The van der Waals surface area contributed by atoms with Crippen LogP contribution in [0.5, 0.6) is 0 Å². The van der Waals surface area contributed by atoms with Gasteiger partial charge in [0.1, 0.15) is 6.23 Å². The van der Waals surface area contributed by atoms with Crippen LogP contribution in [0.2, 0.25) is 0 Å². The molecule has 3 rings (SSSR count). The molecule has 2 heterocycles. The molecule has 7 heteroatoms. The lowest BCUT2D eigenvalue weighted by Gasteiger charge is -2.20. The standard InChI is InChI=1S/C14H18N2O4S/c1-10(17)15-6-5-12-9-13(3-4-14(12)15)21(18,19)16-7-8-20-11(16)2/h3-4,9,11H,5-8H2,1-2H3. The van der Waals surface area contributed by atoms with Crippen LogP contribution in [0.15, 0.2) is 23.1 Å². The fourth-order valence-electron chi connectivity index (χ4n) is 2.89. The molecule has 0 aromatic heterocycles. The van der Waals surface area contributed by atoms with Crippen LogP contribution >= 0.6 is 0 Å². The number of carbonyl (C=O) groups is 1. The van der Waals surface area contributed by atoms with Crippen LogP contribution < -0.4 is 4.90 Å². The van der Waals surface area contributed by atoms with Gasteiger partial charge in [0, 0.05) is 25.7 Å². The average Bonchev–Trinajstić information content (AvgIpc) is 3.03. The van der Waals surface area contributed by atoms with Crippen molar-refractivity contribution in [3.8, 4) is 0 Å². The molecule has 1 fully saturated rings. The van der Waals surface area contributed by atoms with Gasteiger partial charge >= 0.3 is 0 Å². The molecular weight excluding hydrogens is 292 g/mol. The van der Waals surface area contributed by atoms with Gasteiger partial charge < -0.3 is 9.64 Å². The lowest BCUT2D eigenvalue weighted by molar-refractivity contribution is -0.116. The lowest BCUT2D eigenvalue weighted by atomic mass is 10.2. The molecule has 1 unspecified atom stereocenters. The number of hydrogen-bond donors (Lipinski definition) is 0. The molecule has 2 aliphatic heterocycles. The van der Waals surface area contributed by atoms with Gasteiger partial charge in [-0.2, -0.15) is 4.31 Å². The molecule has 1 saturated heterocycles. The van der Waals surface area contributed by atoms with E-state index in [1.54, 1.807) is 30.0 Å². The smallest absolute Gasteiger partial charge is 0.245 e. The fraction of sp³-hybridized carbons (Fsp3) is 0.500. The second-order valence-corrected chi connectivity index (χ2v) is 7.19. The Kier molecular flexibility index (Phi) is 3.51. The highest BCUT2D eigenvalue weighted by atomic mass is 32.2. The van der Waals surface area contributed by atoms with E-state index in [1.807, 2.05) is 0 Å². The van der Waals surface area contributed by atoms with Gasteiger partial charge in [-0.3, -0.25) is 4.79 Å². The van der Waals surface area contributed by atoms with E-state index in [0.29, 0.717) is 26.1 Å². The fourth-order valence-corrected chi connectivity index (χ4v) is 4.46. The summed E-state index contributed by atoms with van der Waals surface area (Å²) in [6, 6.07) is 4.97. The summed E-state index contributed by atoms with van der Waals surface area (Å²) >= 11 is 0. The molecule has 1 aromatic rings. The third-order valence-corrected chi connectivity index (χ3v) is 5.96. The second-order valence-electron chi connectivity index (χ2n) is 5.30. The van der Waals surface area contributed by atoms with E-state index in [4.69, 9.17) is 4.74 Å². The maximum atomic E-state index is 12.6. The normalized spacial score (nSPS) is 22.6. The van der Waals surface area contributed by atoms with Gasteiger partial charge in [-0.25, -0.2) is 8.42 Å². The first-order chi connectivity index (χ1) is 9.91. The molecular formula is C14H18N2O4S. The topological polar surface area (TPSA) is 66.9 Å². The van der Waals surface area contributed by atoms with Crippen LogP contribution in [-0.2, 0) is 26.0 Å². The van der Waals surface area contributed by atoms with Crippen molar-refractivity contribution < 1.29 is 17.9 Å². The first-order valence-corrected chi connectivity index (χ1v) is 8.40. The maximum absolute atomic E-state index is 12.6. The van der Waals surface area contributed by atoms with Gasteiger partial charge in [-0.15, -0.1) is 0 Å². The Hall–Kier alpha value is -1.44. The number of ether oxygens (including phenoxy) is 1. The monoisotopic (exact) mass is 310 g/mol. The van der Waals surface area contributed by atoms with Crippen LogP contribution in [0.3, 0.4) is 0 Å². The molecule has 1 amide bonds. The number of rotatable bonds is 2. The Labute approximate surface area is 124 Å². The van der Waals surface area contributed by atoms with Crippen molar-refractivity contribution in [2.24, 2.45) is 0 Å². The van der Waals surface area contributed by atoms with E-state index in [0.717, 1.165) is 11.3 Å². The van der Waals surface area contributed by atoms with E-state index in [9.17, 15) is 13.2 Å². The van der Waals surface area contributed by atoms with Crippen LogP contribution in [-0.4, -0.2) is 44.6 Å². The van der Waals surface area contributed by atoms with Crippen molar-refractivity contribution in [3.05, 3.63) is 23.8 Å². The number of sulfonamides is 1. The molecule has 2 aliphatic rings. The third kappa shape index (κ3) is 2.35. The van der Waals surface area contributed by atoms with E-state index >= 15 is 0 Å². The van der Waals surface area contributed by atoms with Crippen molar-refractivity contribution in [2.45, 2.75) is 31.4 Å². The number of anilines is 1. The molecule has 6 nitrogen and oxygen atoms in total. The summed E-state index contributed by atoms with van der Waals surface area (Å²) in [7, 11) is -3.54. The van der Waals surface area contributed by atoms with Crippen molar-refractivity contribution in [1.82, 2.24) is 4.31 Å². The van der Waals surface area contributed by atoms with Crippen molar-refractivity contribution in [3.63, 3.8) is 0 Å². The Bertz CT molecular complexity index is 686. The quantitative estimate of drug-likeness (QED) is 0.816. The Balaban J connectivity index is 1.96. The lowest BCUT2D eigenvalue weighted by Crippen LogP contribution is -2.34. The van der Waals surface area contributed by atoms with Gasteiger partial charge in [0.25, 0.3) is 0 Å². The van der Waals surface area contributed by atoms with Gasteiger partial charge in [0.05, 0.1) is 11.5 Å². The molecule has 0 spiro atoms. The molecule has 114 valence electrons. The van der Waals surface area contributed by atoms with E-state index in [2.05, 4.69) is 0 Å². The van der Waals surface area contributed by atoms with E-state index in [-0.39, 0.29) is 10.8 Å². The Morgan fingerprint density at radius 2 is 2.10 bits per heavy atom. The summed E-state index contributed by atoms with van der Waals surface area (Å²) in [5.41, 5.74) is 1.71. The van der Waals surface area contributed by atoms with Gasteiger partial charge in [-0.05, 0) is 37.1 Å². The molecule has 0 aliphatic carbocycles. The number of fused-ring (bicyclic) bond motifs is 1. The molecule has 0 N–H and O–H groups in total. The molecule has 21 heavy (non-hydrogen) atoms. The SMILES string of the molecule is CC(=O)N1CCc2cc(S(=O)(=O)N3CCOC3C)ccc21. The van der Waals surface area contributed by atoms with Crippen LogP contribution in [0, 0.1) is 0 Å². The Morgan fingerprint density at radius 3 is 2.71 bits per heavy atom. The summed E-state index contributed by atoms with van der Waals surface area (Å²) < 4.78 is 31.9. The minimum absolute atomic E-state index is 0.0223. The van der Waals surface area contributed by atoms with Crippen LogP contribution in [0.25, 0.3) is 0 Å². The summed E-state index contributed by atoms with van der Waals surface area (Å²) in [5, 5.41) is 0. The minimum atomic E-state index is -3.54. The highest BCUT2D eigenvalue weighted by Crippen LogP contribution is 2.32. The predicted octanol–water partition coefficient (Wildman–Crippen LogP) is 0.962. The van der Waals surface area contributed by atoms with Crippen LogP contribution in [0.1, 0.15) is 19.4 Å². The molecule has 0 saturated carbocycles. The first-order valence-electron chi connectivity index (χ1n) is 6.96. The zero-order valence-corrected chi connectivity index (χ0v) is 12.9.